The highest BCUT2D eigenvalue weighted by atomic mass is 32.1. The fourth-order valence-electron chi connectivity index (χ4n) is 1.76. The first-order valence-corrected chi connectivity index (χ1v) is 8.39. The number of hydrogen-bond donors (Lipinski definition) is 1. The molecule has 1 heterocycles. The molecular weight excluding hydrogens is 288 g/mol. The van der Waals surface area contributed by atoms with Gasteiger partial charge in [-0.25, -0.2) is 4.98 Å². The fraction of sp³-hybridized carbons (Fsp3) is 0.733. The number of ether oxygens (including phenoxy) is 2. The van der Waals surface area contributed by atoms with Gasteiger partial charge in [0.2, 0.25) is 0 Å². The molecule has 0 radical (unpaired) electrons. The average Bonchev–Trinajstić information content (AvgIpc) is 2.89. The molecule has 0 saturated heterocycles. The average molecular weight is 314 g/mol. The van der Waals surface area contributed by atoms with Crippen molar-refractivity contribution in [2.45, 2.75) is 46.6 Å². The molecule has 6 heteroatoms. The van der Waals surface area contributed by atoms with Crippen LogP contribution in [0.2, 0.25) is 0 Å². The number of esters is 1. The van der Waals surface area contributed by atoms with Crippen LogP contribution in [0.25, 0.3) is 0 Å². The number of nitrogens with zero attached hydrogens (tertiary/aromatic N) is 1. The van der Waals surface area contributed by atoms with Crippen LogP contribution in [-0.4, -0.2) is 36.8 Å². The number of aryl methyl sites for hydroxylation is 1. The number of nitrogens with one attached hydrogen (secondary N) is 1. The lowest BCUT2D eigenvalue weighted by Gasteiger charge is -2.21. The van der Waals surface area contributed by atoms with Gasteiger partial charge < -0.3 is 14.8 Å². The van der Waals surface area contributed by atoms with Crippen LogP contribution in [0.1, 0.15) is 39.8 Å². The molecule has 1 N–H and O–H groups in total. The van der Waals surface area contributed by atoms with Gasteiger partial charge in [0.05, 0.1) is 31.4 Å². The number of aromatic nitrogens is 1. The van der Waals surface area contributed by atoms with Crippen molar-refractivity contribution in [3.8, 4) is 0 Å². The van der Waals surface area contributed by atoms with Crippen molar-refractivity contribution in [1.29, 1.82) is 0 Å². The summed E-state index contributed by atoms with van der Waals surface area (Å²) in [5, 5.41) is 6.28. The molecule has 1 aromatic rings. The van der Waals surface area contributed by atoms with Crippen molar-refractivity contribution >= 4 is 22.4 Å². The highest BCUT2D eigenvalue weighted by Gasteiger charge is 2.15. The smallest absolute Gasteiger partial charge is 0.306 e. The van der Waals surface area contributed by atoms with Gasteiger partial charge in [-0.15, -0.1) is 11.3 Å². The van der Waals surface area contributed by atoms with Gasteiger partial charge in [-0.3, -0.25) is 4.79 Å². The Kier molecular flexibility index (Phi) is 8.30. The number of thiazole rings is 1. The van der Waals surface area contributed by atoms with Gasteiger partial charge in [0.25, 0.3) is 0 Å². The lowest BCUT2D eigenvalue weighted by Crippen LogP contribution is -2.30. The van der Waals surface area contributed by atoms with Crippen LogP contribution >= 0.6 is 11.3 Å². The highest BCUT2D eigenvalue weighted by Crippen LogP contribution is 2.19. The van der Waals surface area contributed by atoms with E-state index in [-0.39, 0.29) is 12.0 Å². The molecule has 0 saturated carbocycles. The van der Waals surface area contributed by atoms with Gasteiger partial charge in [-0.05, 0) is 19.8 Å². The zero-order chi connectivity index (χ0) is 15.7. The van der Waals surface area contributed by atoms with Crippen LogP contribution < -0.4 is 5.32 Å². The first-order chi connectivity index (χ1) is 10.1. The molecule has 1 unspecified atom stereocenters. The molecular formula is C15H26N2O3S. The van der Waals surface area contributed by atoms with Crippen LogP contribution in [0.3, 0.4) is 0 Å². The van der Waals surface area contributed by atoms with Gasteiger partial charge in [0.1, 0.15) is 0 Å². The van der Waals surface area contributed by atoms with E-state index in [4.69, 9.17) is 9.47 Å². The first kappa shape index (κ1) is 17.9. The lowest BCUT2D eigenvalue weighted by molar-refractivity contribution is -0.143. The summed E-state index contributed by atoms with van der Waals surface area (Å²) in [6, 6.07) is 0.244. The quantitative estimate of drug-likeness (QED) is 0.672. The monoisotopic (exact) mass is 314 g/mol. The van der Waals surface area contributed by atoms with E-state index in [9.17, 15) is 4.79 Å². The summed E-state index contributed by atoms with van der Waals surface area (Å²) in [6.07, 6.45) is 0.998. The maximum atomic E-state index is 11.3. The number of carbonyl (C=O) groups is 1. The van der Waals surface area contributed by atoms with Gasteiger partial charge >= 0.3 is 5.97 Å². The van der Waals surface area contributed by atoms with Gasteiger partial charge in [0.15, 0.2) is 5.13 Å². The molecule has 0 aliphatic carbocycles. The largest absolute Gasteiger partial charge is 0.466 e. The summed E-state index contributed by atoms with van der Waals surface area (Å²) in [5.74, 6) is 0.292. The van der Waals surface area contributed by atoms with E-state index in [1.54, 1.807) is 11.3 Å². The molecule has 0 aromatic carbocycles. The molecule has 1 rings (SSSR count). The number of carbonyl (C=O) groups excluding carboxylic acids is 1. The van der Waals surface area contributed by atoms with Crippen molar-refractivity contribution in [2.75, 3.05) is 25.1 Å². The summed E-state index contributed by atoms with van der Waals surface area (Å²) in [5.41, 5.74) is 0.925. The molecule has 1 atom stereocenters. The van der Waals surface area contributed by atoms with Crippen molar-refractivity contribution in [3.63, 3.8) is 0 Å². The second-order valence-electron chi connectivity index (χ2n) is 5.10. The molecule has 0 aliphatic heterocycles. The van der Waals surface area contributed by atoms with Crippen molar-refractivity contribution < 1.29 is 14.3 Å². The lowest BCUT2D eigenvalue weighted by atomic mass is 10.1. The third kappa shape index (κ3) is 6.91. The van der Waals surface area contributed by atoms with Crippen LogP contribution in [0.4, 0.5) is 5.13 Å². The predicted molar refractivity (Wildman–Crippen MR) is 85.8 cm³/mol. The van der Waals surface area contributed by atoms with E-state index in [0.717, 1.165) is 10.8 Å². The standard InChI is InChI=1S/C15H26N2O3S/c1-5-19-9-13(11(3)4)17-15-16-12(10-21-15)7-8-14(18)20-6-2/h10-11,13H,5-9H2,1-4H3,(H,16,17). The Balaban J connectivity index is 2.47. The van der Waals surface area contributed by atoms with Crippen LogP contribution in [0, 0.1) is 5.92 Å². The maximum Gasteiger partial charge on any atom is 0.306 e. The summed E-state index contributed by atoms with van der Waals surface area (Å²) in [6.45, 7) is 9.94. The Morgan fingerprint density at radius 3 is 2.76 bits per heavy atom. The van der Waals surface area contributed by atoms with Crippen LogP contribution in [0.15, 0.2) is 5.38 Å². The minimum atomic E-state index is -0.170. The van der Waals surface area contributed by atoms with Gasteiger partial charge in [-0.1, -0.05) is 13.8 Å². The van der Waals surface area contributed by atoms with Crippen LogP contribution in [-0.2, 0) is 20.7 Å². The number of rotatable bonds is 10. The number of hydrogen-bond acceptors (Lipinski definition) is 6. The minimum absolute atomic E-state index is 0.170. The molecule has 0 bridgehead atoms. The third-order valence-corrected chi connectivity index (χ3v) is 3.88. The van der Waals surface area contributed by atoms with Gasteiger partial charge in [-0.2, -0.15) is 0 Å². The van der Waals surface area contributed by atoms with E-state index in [0.29, 0.717) is 38.6 Å². The first-order valence-electron chi connectivity index (χ1n) is 7.51. The van der Waals surface area contributed by atoms with Crippen molar-refractivity contribution in [2.24, 2.45) is 5.92 Å². The Morgan fingerprint density at radius 2 is 2.14 bits per heavy atom. The van der Waals surface area contributed by atoms with Crippen LogP contribution in [0.5, 0.6) is 0 Å². The molecule has 0 amide bonds. The molecule has 120 valence electrons. The normalized spacial score (nSPS) is 12.4. The molecule has 0 spiro atoms. The third-order valence-electron chi connectivity index (χ3n) is 3.06. The second-order valence-corrected chi connectivity index (χ2v) is 5.96. The second kappa shape index (κ2) is 9.73. The SMILES string of the molecule is CCOCC(Nc1nc(CCC(=O)OCC)cs1)C(C)C. The Morgan fingerprint density at radius 1 is 1.38 bits per heavy atom. The zero-order valence-corrected chi connectivity index (χ0v) is 14.2. The maximum absolute atomic E-state index is 11.3. The van der Waals surface area contributed by atoms with Crippen molar-refractivity contribution in [1.82, 2.24) is 4.98 Å². The summed E-state index contributed by atoms with van der Waals surface area (Å²) >= 11 is 1.56. The summed E-state index contributed by atoms with van der Waals surface area (Å²) in [7, 11) is 0. The zero-order valence-electron chi connectivity index (χ0n) is 13.3. The molecule has 5 nitrogen and oxygen atoms in total. The van der Waals surface area contributed by atoms with E-state index < -0.39 is 0 Å². The molecule has 0 aliphatic rings. The summed E-state index contributed by atoms with van der Waals surface area (Å²) < 4.78 is 10.4. The minimum Gasteiger partial charge on any atom is -0.466 e. The van der Waals surface area contributed by atoms with E-state index in [1.165, 1.54) is 0 Å². The van der Waals surface area contributed by atoms with E-state index in [2.05, 4.69) is 24.1 Å². The topological polar surface area (TPSA) is 60.5 Å². The fourth-order valence-corrected chi connectivity index (χ4v) is 2.56. The van der Waals surface area contributed by atoms with E-state index >= 15 is 0 Å². The molecule has 0 fully saturated rings. The molecule has 21 heavy (non-hydrogen) atoms. The highest BCUT2D eigenvalue weighted by molar-refractivity contribution is 7.13. The Hall–Kier alpha value is -1.14. The van der Waals surface area contributed by atoms with E-state index in [1.807, 2.05) is 19.2 Å². The summed E-state index contributed by atoms with van der Waals surface area (Å²) in [4.78, 5) is 15.8. The van der Waals surface area contributed by atoms with Crippen molar-refractivity contribution in [3.05, 3.63) is 11.1 Å². The van der Waals surface area contributed by atoms with Gasteiger partial charge in [0, 0.05) is 18.4 Å². The predicted octanol–water partition coefficient (Wildman–Crippen LogP) is 3.11. The molecule has 1 aromatic heterocycles. The Labute approximate surface area is 131 Å². The Bertz CT molecular complexity index is 421. The number of anilines is 1.